The average molecular weight is 416 g/mol. The van der Waals surface area contributed by atoms with E-state index in [1.807, 2.05) is 26.0 Å². The van der Waals surface area contributed by atoms with Crippen molar-refractivity contribution >= 4 is 11.6 Å². The van der Waals surface area contributed by atoms with Gasteiger partial charge in [0, 0.05) is 24.7 Å². The topological polar surface area (TPSA) is 50.5 Å². The van der Waals surface area contributed by atoms with Crippen LogP contribution in [0.2, 0.25) is 0 Å². The summed E-state index contributed by atoms with van der Waals surface area (Å²) in [6, 6.07) is 7.76. The van der Waals surface area contributed by atoms with Gasteiger partial charge in [-0.1, -0.05) is 25.0 Å². The number of nitrogens with zero attached hydrogens (tertiary/aromatic N) is 4. The summed E-state index contributed by atoms with van der Waals surface area (Å²) >= 11 is 0. The molecule has 3 aromatic rings. The highest BCUT2D eigenvalue weighted by Gasteiger charge is 2.36. The lowest BCUT2D eigenvalue weighted by Crippen LogP contribution is -2.32. The molecule has 0 N–H and O–H groups in total. The molecule has 1 aliphatic rings. The van der Waals surface area contributed by atoms with Gasteiger partial charge in [0.15, 0.2) is 17.0 Å². The molecule has 4 rings (SSSR count). The second-order valence-corrected chi connectivity index (χ2v) is 7.83. The van der Waals surface area contributed by atoms with Gasteiger partial charge in [0.05, 0.1) is 5.69 Å². The Morgan fingerprint density at radius 3 is 2.30 bits per heavy atom. The molecule has 1 aliphatic heterocycles. The van der Waals surface area contributed by atoms with Crippen molar-refractivity contribution in [3.8, 4) is 11.3 Å². The molecule has 0 saturated carbocycles. The summed E-state index contributed by atoms with van der Waals surface area (Å²) in [6.45, 7) is 5.04. The zero-order chi connectivity index (χ0) is 21.5. The highest BCUT2D eigenvalue weighted by atomic mass is 19.4. The maximum absolute atomic E-state index is 13.8. The first kappa shape index (κ1) is 20.4. The van der Waals surface area contributed by atoms with Crippen LogP contribution in [0.3, 0.4) is 0 Å². The minimum atomic E-state index is -4.63. The van der Waals surface area contributed by atoms with Crippen LogP contribution >= 0.6 is 0 Å². The molecule has 2 aromatic heterocycles. The van der Waals surface area contributed by atoms with Crippen molar-refractivity contribution in [2.24, 2.45) is 0 Å². The molecule has 3 heterocycles. The third-order valence-electron chi connectivity index (χ3n) is 5.63. The molecule has 30 heavy (non-hydrogen) atoms. The minimum absolute atomic E-state index is 0.00728. The predicted molar refractivity (Wildman–Crippen MR) is 107 cm³/mol. The first-order valence-electron chi connectivity index (χ1n) is 10.1. The minimum Gasteiger partial charge on any atom is -0.337 e. The van der Waals surface area contributed by atoms with E-state index in [1.165, 1.54) is 6.07 Å². The van der Waals surface area contributed by atoms with E-state index < -0.39 is 11.9 Å². The molecular formula is C22H23F3N4O. The van der Waals surface area contributed by atoms with Crippen LogP contribution in [0.1, 0.15) is 53.0 Å². The number of amides is 1. The van der Waals surface area contributed by atoms with E-state index in [2.05, 4.69) is 10.1 Å². The average Bonchev–Trinajstić information content (AvgIpc) is 2.93. The maximum Gasteiger partial charge on any atom is 0.433 e. The van der Waals surface area contributed by atoms with Crippen LogP contribution in [0, 0.1) is 13.8 Å². The van der Waals surface area contributed by atoms with Gasteiger partial charge in [-0.05, 0) is 49.9 Å². The SMILES string of the molecule is Cc1ccc(-c2cc(C(F)(F)F)n3nc(C(=O)N4CCCCCC4)cc3n2)cc1C. The highest BCUT2D eigenvalue weighted by Crippen LogP contribution is 2.33. The maximum atomic E-state index is 13.8. The Bertz CT molecular complexity index is 1100. The number of aryl methyl sites for hydroxylation is 2. The second kappa shape index (κ2) is 7.74. The van der Waals surface area contributed by atoms with Gasteiger partial charge in [-0.15, -0.1) is 0 Å². The molecule has 0 atom stereocenters. The standard InChI is InChI=1S/C22H23F3N4O/c1-14-7-8-16(11-15(14)2)17-12-19(22(23,24)25)29-20(26-17)13-18(27-29)21(30)28-9-5-3-4-6-10-28/h7-8,11-13H,3-6,9-10H2,1-2H3. The molecule has 0 radical (unpaired) electrons. The Kier molecular flexibility index (Phi) is 5.26. The fourth-order valence-electron chi connectivity index (χ4n) is 3.77. The first-order chi connectivity index (χ1) is 14.2. The number of rotatable bonds is 2. The fraction of sp³-hybridized carbons (Fsp3) is 0.409. The number of alkyl halides is 3. The molecule has 0 aliphatic carbocycles. The molecule has 8 heteroatoms. The highest BCUT2D eigenvalue weighted by molar-refractivity contribution is 5.93. The second-order valence-electron chi connectivity index (χ2n) is 7.83. The largest absolute Gasteiger partial charge is 0.433 e. The van der Waals surface area contributed by atoms with Gasteiger partial charge in [-0.3, -0.25) is 4.79 Å². The van der Waals surface area contributed by atoms with Crippen molar-refractivity contribution in [3.05, 3.63) is 52.8 Å². The van der Waals surface area contributed by atoms with Crippen molar-refractivity contribution in [2.45, 2.75) is 45.7 Å². The smallest absolute Gasteiger partial charge is 0.337 e. The number of halogens is 3. The Hall–Kier alpha value is -2.90. The van der Waals surface area contributed by atoms with E-state index in [0.29, 0.717) is 18.7 Å². The number of benzene rings is 1. The molecule has 1 amide bonds. The lowest BCUT2D eigenvalue weighted by molar-refractivity contribution is -0.142. The van der Waals surface area contributed by atoms with Crippen LogP contribution in [0.4, 0.5) is 13.2 Å². The van der Waals surface area contributed by atoms with Gasteiger partial charge in [0.2, 0.25) is 0 Å². The molecular weight excluding hydrogens is 393 g/mol. The van der Waals surface area contributed by atoms with E-state index in [-0.39, 0.29) is 22.9 Å². The number of hydrogen-bond donors (Lipinski definition) is 0. The molecule has 1 saturated heterocycles. The summed E-state index contributed by atoms with van der Waals surface area (Å²) in [5.41, 5.74) is 1.86. The predicted octanol–water partition coefficient (Wildman–Crippen LogP) is 5.05. The molecule has 1 aromatic carbocycles. The summed E-state index contributed by atoms with van der Waals surface area (Å²) in [6.07, 6.45) is -0.753. The van der Waals surface area contributed by atoms with Gasteiger partial charge in [0.1, 0.15) is 0 Å². The van der Waals surface area contributed by atoms with E-state index in [4.69, 9.17) is 0 Å². The zero-order valence-electron chi connectivity index (χ0n) is 17.0. The molecule has 0 bridgehead atoms. The van der Waals surface area contributed by atoms with Gasteiger partial charge < -0.3 is 4.90 Å². The van der Waals surface area contributed by atoms with Crippen molar-refractivity contribution in [2.75, 3.05) is 13.1 Å². The Morgan fingerprint density at radius 2 is 1.67 bits per heavy atom. The molecule has 1 fully saturated rings. The third kappa shape index (κ3) is 3.91. The summed E-state index contributed by atoms with van der Waals surface area (Å²) < 4.78 is 42.1. The monoisotopic (exact) mass is 416 g/mol. The van der Waals surface area contributed by atoms with E-state index in [9.17, 15) is 18.0 Å². The number of carbonyl (C=O) groups excluding carboxylic acids is 1. The number of carbonyl (C=O) groups is 1. The summed E-state index contributed by atoms with van der Waals surface area (Å²) in [5.74, 6) is -0.344. The summed E-state index contributed by atoms with van der Waals surface area (Å²) in [7, 11) is 0. The summed E-state index contributed by atoms with van der Waals surface area (Å²) in [5, 5.41) is 3.99. The third-order valence-corrected chi connectivity index (χ3v) is 5.63. The first-order valence-corrected chi connectivity index (χ1v) is 10.1. The van der Waals surface area contributed by atoms with Crippen molar-refractivity contribution in [1.82, 2.24) is 19.5 Å². The van der Waals surface area contributed by atoms with Crippen LogP contribution in [0.25, 0.3) is 16.9 Å². The van der Waals surface area contributed by atoms with E-state index in [0.717, 1.165) is 47.4 Å². The van der Waals surface area contributed by atoms with Gasteiger partial charge in [-0.25, -0.2) is 9.50 Å². The number of likely N-dealkylation sites (tertiary alicyclic amines) is 1. The van der Waals surface area contributed by atoms with Crippen molar-refractivity contribution in [3.63, 3.8) is 0 Å². The Morgan fingerprint density at radius 1 is 0.967 bits per heavy atom. The van der Waals surface area contributed by atoms with Gasteiger partial charge in [-0.2, -0.15) is 18.3 Å². The van der Waals surface area contributed by atoms with Crippen LogP contribution < -0.4 is 0 Å². The molecule has 158 valence electrons. The number of aromatic nitrogens is 3. The van der Waals surface area contributed by atoms with Gasteiger partial charge in [0.25, 0.3) is 5.91 Å². The fourth-order valence-corrected chi connectivity index (χ4v) is 3.77. The van der Waals surface area contributed by atoms with Crippen molar-refractivity contribution < 1.29 is 18.0 Å². The van der Waals surface area contributed by atoms with Crippen LogP contribution in [0.5, 0.6) is 0 Å². The van der Waals surface area contributed by atoms with Crippen LogP contribution in [-0.2, 0) is 6.18 Å². The molecule has 0 unspecified atom stereocenters. The van der Waals surface area contributed by atoms with Crippen LogP contribution in [0.15, 0.2) is 30.3 Å². The normalized spacial score (nSPS) is 15.4. The van der Waals surface area contributed by atoms with Gasteiger partial charge >= 0.3 is 6.18 Å². The molecule has 5 nitrogen and oxygen atoms in total. The lowest BCUT2D eigenvalue weighted by Gasteiger charge is -2.18. The Balaban J connectivity index is 1.81. The molecule has 0 spiro atoms. The number of fused-ring (bicyclic) bond motifs is 1. The Labute approximate surface area is 172 Å². The van der Waals surface area contributed by atoms with Crippen molar-refractivity contribution in [1.29, 1.82) is 0 Å². The van der Waals surface area contributed by atoms with E-state index >= 15 is 0 Å². The number of hydrogen-bond acceptors (Lipinski definition) is 3. The zero-order valence-corrected chi connectivity index (χ0v) is 17.0. The quantitative estimate of drug-likeness (QED) is 0.588. The lowest BCUT2D eigenvalue weighted by atomic mass is 10.0. The van der Waals surface area contributed by atoms with Crippen LogP contribution in [-0.4, -0.2) is 38.5 Å². The van der Waals surface area contributed by atoms with E-state index in [1.54, 1.807) is 11.0 Å². The summed E-state index contributed by atoms with van der Waals surface area (Å²) in [4.78, 5) is 18.9.